The summed E-state index contributed by atoms with van der Waals surface area (Å²) in [6, 6.07) is 8.45. The fraction of sp³-hybridized carbons (Fsp3) is 0.188. The van der Waals surface area contributed by atoms with Gasteiger partial charge in [0.25, 0.3) is 0 Å². The maximum absolute atomic E-state index is 12.1. The van der Waals surface area contributed by atoms with E-state index in [1.165, 1.54) is 18.9 Å². The van der Waals surface area contributed by atoms with Gasteiger partial charge >= 0.3 is 5.97 Å². The number of hydrogen-bond donors (Lipinski definition) is 1. The van der Waals surface area contributed by atoms with Crippen LogP contribution in [-0.2, 0) is 9.53 Å². The number of nitrogens with one attached hydrogen (secondary N) is 1. The predicted molar refractivity (Wildman–Crippen MR) is 91.1 cm³/mol. The van der Waals surface area contributed by atoms with E-state index in [1.54, 1.807) is 36.5 Å². The summed E-state index contributed by atoms with van der Waals surface area (Å²) in [6.45, 7) is 1.85. The minimum Gasteiger partial charge on any atom is -0.465 e. The quantitative estimate of drug-likeness (QED) is 0.659. The lowest BCUT2D eigenvalue weighted by molar-refractivity contribution is -0.113. The number of amides is 1. The zero-order valence-corrected chi connectivity index (χ0v) is 14.2. The van der Waals surface area contributed by atoms with Crippen molar-refractivity contribution >= 4 is 40.9 Å². The minimum atomic E-state index is -0.449. The van der Waals surface area contributed by atoms with E-state index in [1.807, 2.05) is 6.92 Å². The van der Waals surface area contributed by atoms with Gasteiger partial charge in [0.15, 0.2) is 0 Å². The predicted octanol–water partition coefficient (Wildman–Crippen LogP) is 3.56. The van der Waals surface area contributed by atoms with Crippen LogP contribution in [0.5, 0.6) is 0 Å². The number of pyridine rings is 1. The van der Waals surface area contributed by atoms with Gasteiger partial charge in [0, 0.05) is 11.9 Å². The molecule has 0 radical (unpaired) electrons. The SMILES string of the molecule is COC(=O)c1ccc(C)c(NC(=O)CSc2ncccc2Cl)c1. The zero-order chi connectivity index (χ0) is 16.8. The van der Waals surface area contributed by atoms with Gasteiger partial charge in [-0.25, -0.2) is 9.78 Å². The Morgan fingerprint density at radius 1 is 1.35 bits per heavy atom. The van der Waals surface area contributed by atoms with E-state index in [0.717, 1.165) is 5.56 Å². The van der Waals surface area contributed by atoms with E-state index in [-0.39, 0.29) is 11.7 Å². The molecule has 2 aromatic rings. The number of carbonyl (C=O) groups is 2. The molecule has 2 rings (SSSR count). The number of anilines is 1. The van der Waals surface area contributed by atoms with Crippen LogP contribution in [0.4, 0.5) is 5.69 Å². The van der Waals surface area contributed by atoms with Gasteiger partial charge in [0.2, 0.25) is 5.91 Å². The molecule has 1 amide bonds. The molecule has 7 heteroatoms. The van der Waals surface area contributed by atoms with E-state index in [9.17, 15) is 9.59 Å². The number of aryl methyl sites for hydroxylation is 1. The Morgan fingerprint density at radius 3 is 2.83 bits per heavy atom. The van der Waals surface area contributed by atoms with E-state index < -0.39 is 5.97 Å². The highest BCUT2D eigenvalue weighted by Gasteiger charge is 2.11. The Balaban J connectivity index is 2.02. The second-order valence-electron chi connectivity index (χ2n) is 4.65. The van der Waals surface area contributed by atoms with Crippen LogP contribution in [0.15, 0.2) is 41.6 Å². The standard InChI is InChI=1S/C16H15ClN2O3S/c1-10-5-6-11(16(21)22-2)8-13(10)19-14(20)9-23-15-12(17)4-3-7-18-15/h3-8H,9H2,1-2H3,(H,19,20). The normalized spacial score (nSPS) is 10.2. The summed E-state index contributed by atoms with van der Waals surface area (Å²) in [7, 11) is 1.31. The summed E-state index contributed by atoms with van der Waals surface area (Å²) in [5, 5.41) is 3.89. The number of benzene rings is 1. The average molecular weight is 351 g/mol. The van der Waals surface area contributed by atoms with Crippen LogP contribution in [0.2, 0.25) is 5.02 Å². The Bertz CT molecular complexity index is 737. The molecular formula is C16H15ClN2O3S. The van der Waals surface area contributed by atoms with Crippen molar-refractivity contribution in [2.24, 2.45) is 0 Å². The van der Waals surface area contributed by atoms with E-state index in [2.05, 4.69) is 15.0 Å². The number of esters is 1. The molecule has 0 saturated carbocycles. The molecule has 5 nitrogen and oxygen atoms in total. The number of halogens is 1. The third-order valence-corrected chi connectivity index (χ3v) is 4.42. The van der Waals surface area contributed by atoms with Crippen LogP contribution >= 0.6 is 23.4 Å². The topological polar surface area (TPSA) is 68.3 Å². The molecular weight excluding hydrogens is 336 g/mol. The van der Waals surface area contributed by atoms with Crippen LogP contribution in [0, 0.1) is 6.92 Å². The molecule has 0 aliphatic heterocycles. The van der Waals surface area contributed by atoms with Gasteiger partial charge in [-0.1, -0.05) is 29.4 Å². The lowest BCUT2D eigenvalue weighted by atomic mass is 10.1. The zero-order valence-electron chi connectivity index (χ0n) is 12.6. The number of rotatable bonds is 5. The van der Waals surface area contributed by atoms with Crippen LogP contribution < -0.4 is 5.32 Å². The molecule has 1 heterocycles. The lowest BCUT2D eigenvalue weighted by Crippen LogP contribution is -2.15. The molecule has 1 aromatic heterocycles. The fourth-order valence-corrected chi connectivity index (χ4v) is 2.77. The van der Waals surface area contributed by atoms with Crippen molar-refractivity contribution in [3.8, 4) is 0 Å². The number of methoxy groups -OCH3 is 1. The number of ether oxygens (including phenoxy) is 1. The molecule has 0 bridgehead atoms. The number of thioether (sulfide) groups is 1. The first-order valence-electron chi connectivity index (χ1n) is 6.73. The summed E-state index contributed by atoms with van der Waals surface area (Å²) < 4.78 is 4.68. The third-order valence-electron chi connectivity index (χ3n) is 3.00. The number of nitrogens with zero attached hydrogens (tertiary/aromatic N) is 1. The Morgan fingerprint density at radius 2 is 2.13 bits per heavy atom. The molecule has 120 valence electrons. The Labute approximate surface area is 143 Å². The molecule has 23 heavy (non-hydrogen) atoms. The van der Waals surface area contributed by atoms with Gasteiger partial charge in [-0.3, -0.25) is 4.79 Å². The Hall–Kier alpha value is -2.05. The van der Waals surface area contributed by atoms with Gasteiger partial charge in [0.05, 0.1) is 23.4 Å². The van der Waals surface area contributed by atoms with Crippen molar-refractivity contribution in [1.82, 2.24) is 4.98 Å². The van der Waals surface area contributed by atoms with Gasteiger partial charge < -0.3 is 10.1 Å². The highest BCUT2D eigenvalue weighted by molar-refractivity contribution is 8.00. The van der Waals surface area contributed by atoms with Gasteiger partial charge in [-0.2, -0.15) is 0 Å². The molecule has 0 atom stereocenters. The monoisotopic (exact) mass is 350 g/mol. The van der Waals surface area contributed by atoms with Crippen molar-refractivity contribution < 1.29 is 14.3 Å². The lowest BCUT2D eigenvalue weighted by Gasteiger charge is -2.10. The first kappa shape index (κ1) is 17.3. The fourth-order valence-electron chi connectivity index (χ4n) is 1.80. The van der Waals surface area contributed by atoms with Gasteiger partial charge in [-0.05, 0) is 36.8 Å². The maximum Gasteiger partial charge on any atom is 0.337 e. The Kier molecular flexibility index (Phi) is 6.01. The average Bonchev–Trinajstić information content (AvgIpc) is 2.55. The van der Waals surface area contributed by atoms with Crippen molar-refractivity contribution in [3.05, 3.63) is 52.7 Å². The highest BCUT2D eigenvalue weighted by Crippen LogP contribution is 2.24. The van der Waals surface area contributed by atoms with Gasteiger partial charge in [-0.15, -0.1) is 0 Å². The first-order chi connectivity index (χ1) is 11.0. The van der Waals surface area contributed by atoms with E-state index in [4.69, 9.17) is 11.6 Å². The third kappa shape index (κ3) is 4.71. The summed E-state index contributed by atoms with van der Waals surface area (Å²) in [6.07, 6.45) is 1.62. The first-order valence-corrected chi connectivity index (χ1v) is 8.09. The van der Waals surface area contributed by atoms with E-state index in [0.29, 0.717) is 21.3 Å². The largest absolute Gasteiger partial charge is 0.465 e. The van der Waals surface area contributed by atoms with Crippen molar-refractivity contribution in [2.45, 2.75) is 11.9 Å². The number of hydrogen-bond acceptors (Lipinski definition) is 5. The highest BCUT2D eigenvalue weighted by atomic mass is 35.5. The van der Waals surface area contributed by atoms with Crippen molar-refractivity contribution in [1.29, 1.82) is 0 Å². The molecule has 0 unspecified atom stereocenters. The summed E-state index contributed by atoms with van der Waals surface area (Å²) in [5.41, 5.74) is 1.81. The second kappa shape index (κ2) is 7.99. The van der Waals surface area contributed by atoms with Crippen LogP contribution in [0.1, 0.15) is 15.9 Å². The van der Waals surface area contributed by atoms with Crippen LogP contribution in [-0.4, -0.2) is 29.7 Å². The second-order valence-corrected chi connectivity index (χ2v) is 6.02. The van der Waals surface area contributed by atoms with Crippen molar-refractivity contribution in [3.63, 3.8) is 0 Å². The summed E-state index contributed by atoms with van der Waals surface area (Å²) in [5.74, 6) is -0.490. The molecule has 1 N–H and O–H groups in total. The van der Waals surface area contributed by atoms with Crippen LogP contribution in [0.3, 0.4) is 0 Å². The molecule has 0 aliphatic rings. The molecule has 0 fully saturated rings. The van der Waals surface area contributed by atoms with Crippen molar-refractivity contribution in [2.75, 3.05) is 18.2 Å². The number of aromatic nitrogens is 1. The molecule has 1 aromatic carbocycles. The molecule has 0 aliphatic carbocycles. The summed E-state index contributed by atoms with van der Waals surface area (Å²) in [4.78, 5) is 27.7. The molecule has 0 saturated heterocycles. The summed E-state index contributed by atoms with van der Waals surface area (Å²) >= 11 is 7.25. The van der Waals surface area contributed by atoms with E-state index >= 15 is 0 Å². The van der Waals surface area contributed by atoms with Gasteiger partial charge in [0.1, 0.15) is 5.03 Å². The minimum absolute atomic E-state index is 0.165. The maximum atomic E-state index is 12.1. The smallest absolute Gasteiger partial charge is 0.337 e. The van der Waals surface area contributed by atoms with Crippen LogP contribution in [0.25, 0.3) is 0 Å². The molecule has 0 spiro atoms. The number of carbonyl (C=O) groups excluding carboxylic acids is 2.